The molecule has 0 saturated carbocycles. The Labute approximate surface area is 207 Å². The maximum absolute atomic E-state index is 14.2. The fourth-order valence-corrected chi connectivity index (χ4v) is 5.62. The molecule has 1 amide bonds. The molecule has 1 aromatic carbocycles. The molecule has 0 spiro atoms. The van der Waals surface area contributed by atoms with E-state index in [4.69, 9.17) is 9.47 Å². The minimum Gasteiger partial charge on any atom is -0.466 e. The van der Waals surface area contributed by atoms with E-state index in [9.17, 15) is 18.8 Å². The minimum atomic E-state index is -0.687. The summed E-state index contributed by atoms with van der Waals surface area (Å²) in [7, 11) is 1.29. The number of esters is 2. The van der Waals surface area contributed by atoms with Crippen LogP contribution < -0.4 is 0 Å². The Morgan fingerprint density at radius 1 is 1.29 bits per heavy atom. The first-order valence-electron chi connectivity index (χ1n) is 11.6. The zero-order valence-electron chi connectivity index (χ0n) is 20.0. The van der Waals surface area contributed by atoms with Crippen LogP contribution in [0.15, 0.2) is 51.6 Å². The number of thioether (sulfide) groups is 1. The van der Waals surface area contributed by atoms with Gasteiger partial charge in [-0.3, -0.25) is 9.59 Å². The maximum Gasteiger partial charge on any atom is 0.338 e. The number of hydrogen-bond acceptors (Lipinski definition) is 8. The second kappa shape index (κ2) is 10.6. The summed E-state index contributed by atoms with van der Waals surface area (Å²) in [6.07, 6.45) is 1.47. The van der Waals surface area contributed by atoms with Gasteiger partial charge in [0.15, 0.2) is 5.17 Å². The SMILES string of the molecule is CCOC(=O)C1CCCN(C(=O)CC2=CSC3=NC(C)=C(C(=O)OC)C(c4cccc(F)c4)N23)C1. The van der Waals surface area contributed by atoms with Crippen molar-refractivity contribution in [3.05, 3.63) is 58.0 Å². The first-order chi connectivity index (χ1) is 16.8. The van der Waals surface area contributed by atoms with Crippen LogP contribution in [0, 0.1) is 11.7 Å². The summed E-state index contributed by atoms with van der Waals surface area (Å²) in [5.74, 6) is -1.73. The number of allylic oxidation sites excluding steroid dienone is 1. The molecule has 0 N–H and O–H groups in total. The number of amidine groups is 1. The molecule has 10 heteroatoms. The first kappa shape index (κ1) is 25.0. The molecule has 35 heavy (non-hydrogen) atoms. The lowest BCUT2D eigenvalue weighted by Gasteiger charge is -2.37. The van der Waals surface area contributed by atoms with Crippen LogP contribution in [0.3, 0.4) is 0 Å². The molecule has 4 rings (SSSR count). The number of halogens is 1. The molecule has 3 aliphatic heterocycles. The number of nitrogens with zero attached hydrogens (tertiary/aromatic N) is 3. The largest absolute Gasteiger partial charge is 0.466 e. The molecule has 3 aliphatic rings. The number of ether oxygens (including phenoxy) is 2. The summed E-state index contributed by atoms with van der Waals surface area (Å²) < 4.78 is 24.4. The van der Waals surface area contributed by atoms with Gasteiger partial charge in [0.2, 0.25) is 5.91 Å². The Morgan fingerprint density at radius 2 is 2.09 bits per heavy atom. The van der Waals surface area contributed by atoms with Gasteiger partial charge in [-0.1, -0.05) is 23.9 Å². The van der Waals surface area contributed by atoms with E-state index in [-0.39, 0.29) is 24.2 Å². The van der Waals surface area contributed by atoms with Crippen molar-refractivity contribution in [2.24, 2.45) is 10.9 Å². The van der Waals surface area contributed by atoms with Gasteiger partial charge in [-0.2, -0.15) is 0 Å². The Balaban J connectivity index is 1.60. The number of benzene rings is 1. The Bertz CT molecular complexity index is 1130. The van der Waals surface area contributed by atoms with E-state index in [1.165, 1.54) is 31.0 Å². The number of methoxy groups -OCH3 is 1. The van der Waals surface area contributed by atoms with Crippen molar-refractivity contribution < 1.29 is 28.2 Å². The maximum atomic E-state index is 14.2. The van der Waals surface area contributed by atoms with Crippen LogP contribution in [-0.4, -0.2) is 59.6 Å². The van der Waals surface area contributed by atoms with Gasteiger partial charge in [0.05, 0.1) is 43.4 Å². The summed E-state index contributed by atoms with van der Waals surface area (Å²) in [5, 5.41) is 2.44. The number of carbonyl (C=O) groups excluding carboxylic acids is 3. The molecule has 186 valence electrons. The predicted octanol–water partition coefficient (Wildman–Crippen LogP) is 3.77. The van der Waals surface area contributed by atoms with Gasteiger partial charge in [-0.25, -0.2) is 14.2 Å². The van der Waals surface area contributed by atoms with E-state index >= 15 is 0 Å². The highest BCUT2D eigenvalue weighted by atomic mass is 32.2. The van der Waals surface area contributed by atoms with E-state index in [1.807, 2.05) is 10.3 Å². The molecule has 0 aliphatic carbocycles. The number of aliphatic imine (C=N–C) groups is 1. The number of hydrogen-bond donors (Lipinski definition) is 0. The van der Waals surface area contributed by atoms with Gasteiger partial charge < -0.3 is 19.3 Å². The standard InChI is InChI=1S/C25H28FN3O5S/c1-4-34-23(31)17-8-6-10-28(13-17)20(30)12-19-14-35-25-27-15(2)21(24(32)33-3)22(29(19)25)16-7-5-9-18(26)11-16/h5,7,9,11,14,17,22H,4,6,8,10,12-13H2,1-3H3. The second-order valence-electron chi connectivity index (χ2n) is 8.55. The summed E-state index contributed by atoms with van der Waals surface area (Å²) in [6, 6.07) is 5.35. The molecule has 8 nitrogen and oxygen atoms in total. The summed E-state index contributed by atoms with van der Waals surface area (Å²) in [5.41, 5.74) is 1.99. The van der Waals surface area contributed by atoms with E-state index in [0.29, 0.717) is 53.8 Å². The average molecular weight is 502 g/mol. The number of piperidine rings is 1. The molecule has 0 aromatic heterocycles. The molecule has 1 aromatic rings. The van der Waals surface area contributed by atoms with Gasteiger partial charge in [0.1, 0.15) is 5.82 Å². The number of fused-ring (bicyclic) bond motifs is 1. The lowest BCUT2D eigenvalue weighted by atomic mass is 9.93. The van der Waals surface area contributed by atoms with Crippen molar-refractivity contribution in [1.29, 1.82) is 0 Å². The topological polar surface area (TPSA) is 88.5 Å². The number of amides is 1. The highest BCUT2D eigenvalue weighted by Crippen LogP contribution is 2.45. The van der Waals surface area contributed by atoms with Crippen molar-refractivity contribution in [2.45, 2.75) is 39.2 Å². The smallest absolute Gasteiger partial charge is 0.338 e. The van der Waals surface area contributed by atoms with Gasteiger partial charge in [-0.15, -0.1) is 0 Å². The summed E-state index contributed by atoms with van der Waals surface area (Å²) in [6.45, 7) is 4.67. The molecule has 2 unspecified atom stereocenters. The molecule has 2 atom stereocenters. The first-order valence-corrected chi connectivity index (χ1v) is 12.4. The Kier molecular flexibility index (Phi) is 7.59. The van der Waals surface area contributed by atoms with E-state index < -0.39 is 17.8 Å². The molecular weight excluding hydrogens is 473 g/mol. The molecule has 3 heterocycles. The van der Waals surface area contributed by atoms with Gasteiger partial charge in [0, 0.05) is 18.8 Å². The minimum absolute atomic E-state index is 0.0564. The van der Waals surface area contributed by atoms with Crippen molar-refractivity contribution in [1.82, 2.24) is 9.80 Å². The summed E-state index contributed by atoms with van der Waals surface area (Å²) >= 11 is 1.35. The zero-order valence-corrected chi connectivity index (χ0v) is 20.8. The average Bonchev–Trinajstić information content (AvgIpc) is 3.24. The lowest BCUT2D eigenvalue weighted by Crippen LogP contribution is -2.44. The van der Waals surface area contributed by atoms with E-state index in [2.05, 4.69) is 4.99 Å². The second-order valence-corrected chi connectivity index (χ2v) is 9.38. The molecule has 0 bridgehead atoms. The van der Waals surface area contributed by atoms with Crippen LogP contribution in [0.25, 0.3) is 0 Å². The normalized spacial score (nSPS) is 21.8. The van der Waals surface area contributed by atoms with Crippen LogP contribution in [0.1, 0.15) is 44.7 Å². The van der Waals surface area contributed by atoms with Gasteiger partial charge in [-0.05, 0) is 49.8 Å². The lowest BCUT2D eigenvalue weighted by molar-refractivity contribution is -0.151. The van der Waals surface area contributed by atoms with Crippen LogP contribution in [0.2, 0.25) is 0 Å². The van der Waals surface area contributed by atoms with Crippen LogP contribution >= 0.6 is 11.8 Å². The fourth-order valence-electron chi connectivity index (χ4n) is 4.66. The predicted molar refractivity (Wildman–Crippen MR) is 129 cm³/mol. The van der Waals surface area contributed by atoms with Crippen LogP contribution in [0.4, 0.5) is 4.39 Å². The number of likely N-dealkylation sites (tertiary alicyclic amines) is 1. The Morgan fingerprint density at radius 3 is 2.80 bits per heavy atom. The number of carbonyl (C=O) groups is 3. The molecule has 1 fully saturated rings. The van der Waals surface area contributed by atoms with Crippen molar-refractivity contribution in [3.8, 4) is 0 Å². The van der Waals surface area contributed by atoms with E-state index in [0.717, 1.165) is 6.42 Å². The quantitative estimate of drug-likeness (QED) is 0.549. The number of rotatable bonds is 6. The van der Waals surface area contributed by atoms with Gasteiger partial charge in [0.25, 0.3) is 0 Å². The highest BCUT2D eigenvalue weighted by Gasteiger charge is 2.41. The van der Waals surface area contributed by atoms with Crippen molar-refractivity contribution in [2.75, 3.05) is 26.8 Å². The summed E-state index contributed by atoms with van der Waals surface area (Å²) in [4.78, 5) is 46.3. The van der Waals surface area contributed by atoms with Crippen LogP contribution in [-0.2, 0) is 23.9 Å². The molecule has 1 saturated heterocycles. The third kappa shape index (κ3) is 5.12. The zero-order chi connectivity index (χ0) is 25.1. The van der Waals surface area contributed by atoms with Crippen molar-refractivity contribution >= 4 is 34.8 Å². The highest BCUT2D eigenvalue weighted by molar-refractivity contribution is 8.16. The molecular formula is C25H28FN3O5S. The van der Waals surface area contributed by atoms with E-state index in [1.54, 1.807) is 30.9 Å². The van der Waals surface area contributed by atoms with Crippen molar-refractivity contribution in [3.63, 3.8) is 0 Å². The van der Waals surface area contributed by atoms with Crippen LogP contribution in [0.5, 0.6) is 0 Å². The third-order valence-electron chi connectivity index (χ3n) is 6.30. The molecule has 0 radical (unpaired) electrons. The third-order valence-corrected chi connectivity index (χ3v) is 7.19. The monoisotopic (exact) mass is 501 g/mol. The van der Waals surface area contributed by atoms with Gasteiger partial charge >= 0.3 is 11.9 Å². The Hall–Kier alpha value is -3.14. The fraction of sp³-hybridized carbons (Fsp3) is 0.440.